The van der Waals surface area contributed by atoms with Gasteiger partial charge >= 0.3 is 0 Å². The van der Waals surface area contributed by atoms with Crippen LogP contribution in [0.3, 0.4) is 0 Å². The smallest absolute Gasteiger partial charge is 0.124 e. The Morgan fingerprint density at radius 1 is 1.23 bits per heavy atom. The number of benzene rings is 1. The molecule has 2 rings (SSSR count). The summed E-state index contributed by atoms with van der Waals surface area (Å²) in [6.07, 6.45) is 0. The van der Waals surface area contributed by atoms with Crippen molar-refractivity contribution in [2.75, 3.05) is 19.6 Å². The van der Waals surface area contributed by atoms with Gasteiger partial charge in [0, 0.05) is 24.1 Å². The van der Waals surface area contributed by atoms with Crippen LogP contribution < -0.4 is 10.5 Å². The lowest BCUT2D eigenvalue weighted by atomic mass is 9.77. The normalized spacial score (nSPS) is 23.5. The first kappa shape index (κ1) is 17.3. The molecule has 0 fully saturated rings. The molecule has 3 heteroatoms. The molecule has 2 N–H and O–H groups in total. The van der Waals surface area contributed by atoms with Crippen LogP contribution in [0.1, 0.15) is 64.6 Å². The fourth-order valence-electron chi connectivity index (χ4n) is 3.38. The molecule has 1 aliphatic heterocycles. The van der Waals surface area contributed by atoms with E-state index in [0.717, 1.165) is 25.4 Å². The SMILES string of the molecule is CCN(CC)CC1C(N)c2cc(C(C)C)ccc2OC1(C)C. The summed E-state index contributed by atoms with van der Waals surface area (Å²) in [5.41, 5.74) is 8.95. The van der Waals surface area contributed by atoms with Gasteiger partial charge in [-0.15, -0.1) is 0 Å². The van der Waals surface area contributed by atoms with Gasteiger partial charge in [0.2, 0.25) is 0 Å². The van der Waals surface area contributed by atoms with Gasteiger partial charge in [-0.05, 0) is 44.5 Å². The van der Waals surface area contributed by atoms with Crippen LogP contribution >= 0.6 is 0 Å². The molecule has 124 valence electrons. The van der Waals surface area contributed by atoms with E-state index in [4.69, 9.17) is 10.5 Å². The molecule has 0 spiro atoms. The summed E-state index contributed by atoms with van der Waals surface area (Å²) in [5.74, 6) is 1.76. The zero-order chi connectivity index (χ0) is 16.5. The van der Waals surface area contributed by atoms with Gasteiger partial charge in [-0.1, -0.05) is 39.8 Å². The largest absolute Gasteiger partial charge is 0.487 e. The lowest BCUT2D eigenvalue weighted by Gasteiger charge is -2.45. The van der Waals surface area contributed by atoms with Crippen LogP contribution in [0.15, 0.2) is 18.2 Å². The van der Waals surface area contributed by atoms with Crippen LogP contribution in [-0.4, -0.2) is 30.1 Å². The monoisotopic (exact) mass is 304 g/mol. The van der Waals surface area contributed by atoms with Crippen molar-refractivity contribution in [3.05, 3.63) is 29.3 Å². The second-order valence-electron chi connectivity index (χ2n) is 7.28. The Labute approximate surface area is 135 Å². The summed E-state index contributed by atoms with van der Waals surface area (Å²) in [6.45, 7) is 16.3. The number of hydrogen-bond donors (Lipinski definition) is 1. The summed E-state index contributed by atoms with van der Waals surface area (Å²) in [4.78, 5) is 2.44. The average Bonchev–Trinajstić information content (AvgIpc) is 2.46. The van der Waals surface area contributed by atoms with Crippen molar-refractivity contribution in [2.45, 2.75) is 59.1 Å². The van der Waals surface area contributed by atoms with E-state index < -0.39 is 0 Å². The van der Waals surface area contributed by atoms with Crippen LogP contribution in [0.5, 0.6) is 5.75 Å². The molecule has 0 bridgehead atoms. The van der Waals surface area contributed by atoms with Gasteiger partial charge in [0.05, 0.1) is 0 Å². The number of fused-ring (bicyclic) bond motifs is 1. The topological polar surface area (TPSA) is 38.5 Å². The number of hydrogen-bond acceptors (Lipinski definition) is 3. The third kappa shape index (κ3) is 3.31. The Hall–Kier alpha value is -1.06. The molecule has 2 atom stereocenters. The summed E-state index contributed by atoms with van der Waals surface area (Å²) in [6, 6.07) is 6.53. The van der Waals surface area contributed by atoms with Crippen molar-refractivity contribution in [1.29, 1.82) is 0 Å². The molecule has 0 saturated carbocycles. The second-order valence-corrected chi connectivity index (χ2v) is 7.28. The Morgan fingerprint density at radius 2 is 1.86 bits per heavy atom. The van der Waals surface area contributed by atoms with Crippen molar-refractivity contribution in [3.63, 3.8) is 0 Å². The Morgan fingerprint density at radius 3 is 2.41 bits per heavy atom. The molecule has 0 saturated heterocycles. The number of rotatable bonds is 5. The van der Waals surface area contributed by atoms with Crippen molar-refractivity contribution >= 4 is 0 Å². The molecular formula is C19H32N2O. The quantitative estimate of drug-likeness (QED) is 0.895. The fraction of sp³-hybridized carbons (Fsp3) is 0.684. The Kier molecular flexibility index (Phi) is 5.18. The molecule has 0 radical (unpaired) electrons. The maximum Gasteiger partial charge on any atom is 0.124 e. The zero-order valence-corrected chi connectivity index (χ0v) is 15.0. The van der Waals surface area contributed by atoms with Gasteiger partial charge in [0.1, 0.15) is 11.4 Å². The van der Waals surface area contributed by atoms with E-state index >= 15 is 0 Å². The third-order valence-electron chi connectivity index (χ3n) is 5.11. The lowest BCUT2D eigenvalue weighted by Crippen LogP contribution is -2.52. The van der Waals surface area contributed by atoms with Gasteiger partial charge in [-0.25, -0.2) is 0 Å². The van der Waals surface area contributed by atoms with E-state index in [0.29, 0.717) is 11.8 Å². The zero-order valence-electron chi connectivity index (χ0n) is 15.0. The van der Waals surface area contributed by atoms with Crippen LogP contribution in [0, 0.1) is 5.92 Å². The summed E-state index contributed by atoms with van der Waals surface area (Å²) < 4.78 is 6.32. The van der Waals surface area contributed by atoms with E-state index in [1.807, 2.05) is 0 Å². The lowest BCUT2D eigenvalue weighted by molar-refractivity contribution is -0.00534. The van der Waals surface area contributed by atoms with Gasteiger partial charge in [-0.3, -0.25) is 0 Å². The van der Waals surface area contributed by atoms with E-state index in [-0.39, 0.29) is 11.6 Å². The van der Waals surface area contributed by atoms with Crippen molar-refractivity contribution in [3.8, 4) is 5.75 Å². The minimum absolute atomic E-state index is 0.0260. The highest BCUT2D eigenvalue weighted by atomic mass is 16.5. The summed E-state index contributed by atoms with van der Waals surface area (Å²) in [7, 11) is 0. The number of nitrogens with zero attached hydrogens (tertiary/aromatic N) is 1. The first-order chi connectivity index (χ1) is 10.3. The predicted molar refractivity (Wildman–Crippen MR) is 93.4 cm³/mol. The van der Waals surface area contributed by atoms with Gasteiger partial charge in [-0.2, -0.15) is 0 Å². The average molecular weight is 304 g/mol. The molecule has 1 aromatic rings. The molecule has 0 aromatic heterocycles. The third-order valence-corrected chi connectivity index (χ3v) is 5.11. The molecule has 2 unspecified atom stereocenters. The molecular weight excluding hydrogens is 272 g/mol. The van der Waals surface area contributed by atoms with Crippen molar-refractivity contribution in [1.82, 2.24) is 4.90 Å². The minimum atomic E-state index is -0.242. The van der Waals surface area contributed by atoms with Gasteiger partial charge in [0.25, 0.3) is 0 Å². The molecule has 3 nitrogen and oxygen atoms in total. The molecule has 1 aliphatic rings. The van der Waals surface area contributed by atoms with E-state index in [9.17, 15) is 0 Å². The highest BCUT2D eigenvalue weighted by Crippen LogP contribution is 2.43. The van der Waals surface area contributed by atoms with Crippen LogP contribution in [0.2, 0.25) is 0 Å². The van der Waals surface area contributed by atoms with E-state index in [1.54, 1.807) is 0 Å². The maximum atomic E-state index is 6.69. The first-order valence-electron chi connectivity index (χ1n) is 8.60. The molecule has 0 amide bonds. The van der Waals surface area contributed by atoms with Crippen LogP contribution in [0.25, 0.3) is 0 Å². The number of ether oxygens (including phenoxy) is 1. The molecule has 1 aromatic carbocycles. The van der Waals surface area contributed by atoms with Crippen molar-refractivity contribution < 1.29 is 4.74 Å². The minimum Gasteiger partial charge on any atom is -0.487 e. The standard InChI is InChI=1S/C19H32N2O/c1-7-21(8-2)12-16-18(20)15-11-14(13(3)4)9-10-17(15)22-19(16,5)6/h9-11,13,16,18H,7-8,12,20H2,1-6H3. The Balaban J connectivity index is 2.35. The highest BCUT2D eigenvalue weighted by molar-refractivity contribution is 5.43. The summed E-state index contributed by atoms with van der Waals surface area (Å²) >= 11 is 0. The van der Waals surface area contributed by atoms with Crippen LogP contribution in [0.4, 0.5) is 0 Å². The predicted octanol–water partition coefficient (Wildman–Crippen LogP) is 3.94. The van der Waals surface area contributed by atoms with Gasteiger partial charge in [0.15, 0.2) is 0 Å². The fourth-order valence-corrected chi connectivity index (χ4v) is 3.38. The van der Waals surface area contributed by atoms with E-state index in [2.05, 4.69) is 64.6 Å². The molecule has 1 heterocycles. The van der Waals surface area contributed by atoms with Crippen molar-refractivity contribution in [2.24, 2.45) is 11.7 Å². The second kappa shape index (κ2) is 6.59. The molecule has 22 heavy (non-hydrogen) atoms. The highest BCUT2D eigenvalue weighted by Gasteiger charge is 2.42. The first-order valence-corrected chi connectivity index (χ1v) is 8.60. The Bertz CT molecular complexity index is 506. The summed E-state index contributed by atoms with van der Waals surface area (Å²) in [5, 5.41) is 0. The molecule has 0 aliphatic carbocycles. The van der Waals surface area contributed by atoms with Gasteiger partial charge < -0.3 is 15.4 Å². The van der Waals surface area contributed by atoms with Crippen LogP contribution in [-0.2, 0) is 0 Å². The maximum absolute atomic E-state index is 6.69. The number of nitrogens with two attached hydrogens (primary N) is 1. The van der Waals surface area contributed by atoms with E-state index in [1.165, 1.54) is 11.1 Å².